The monoisotopic (exact) mass is 703 g/mol. The Labute approximate surface area is 276 Å². The highest BCUT2D eigenvalue weighted by molar-refractivity contribution is 7.29. The number of rotatable bonds is 8. The number of alkyl halides is 3. The number of carbonyl (C=O) groups excluding carboxylic acids is 1. The fourth-order valence-electron chi connectivity index (χ4n) is 4.12. The van der Waals surface area contributed by atoms with Crippen LogP contribution in [0.4, 0.5) is 13.2 Å². The minimum Gasteiger partial charge on any atom is -0.464 e. The van der Waals surface area contributed by atoms with Gasteiger partial charge in [-0.05, 0) is 43.1 Å². The second-order valence-corrected chi connectivity index (χ2v) is 12.1. The number of oxime groups is 2. The van der Waals surface area contributed by atoms with Gasteiger partial charge in [-0.1, -0.05) is 46.7 Å². The number of halogens is 3. The average Bonchev–Trinajstić information content (AvgIpc) is 3.58. The van der Waals surface area contributed by atoms with Crippen LogP contribution in [-0.2, 0) is 38.5 Å². The van der Waals surface area contributed by atoms with Gasteiger partial charge in [-0.2, -0.15) is 22.8 Å². The maximum atomic E-state index is 12.9. The smallest absolute Gasteiger partial charge is 0.416 e. The molecule has 0 atom stereocenters. The van der Waals surface area contributed by atoms with E-state index >= 15 is 0 Å². The van der Waals surface area contributed by atoms with Crippen LogP contribution in [0, 0.1) is 20.4 Å². The molecule has 0 aliphatic carbocycles. The summed E-state index contributed by atoms with van der Waals surface area (Å²) in [6.07, 6.45) is -4.44. The van der Waals surface area contributed by atoms with Gasteiger partial charge >= 0.3 is 12.1 Å². The lowest BCUT2D eigenvalue weighted by molar-refractivity contribution is -0.137. The van der Waals surface area contributed by atoms with E-state index in [0.717, 1.165) is 23.7 Å². The highest BCUT2D eigenvalue weighted by atomic mass is 32.1. The number of benzene rings is 2. The summed E-state index contributed by atoms with van der Waals surface area (Å²) in [4.78, 5) is 47.1. The van der Waals surface area contributed by atoms with Crippen LogP contribution in [0.5, 0.6) is 0 Å². The standard InChI is InChI=1S/C20H19F3N2O4.C10H5N3O2S3/c1-13(14-8-6-9-16(11-14)20(21,22)23)24-29-12-15-7-4-5-10-17(15)18(25-28-3)19(26)27-2;1-2-13-9(14)6-7(10(13)15)17-8-5(16-6)4(3-11)18-12-8/h4-11H,12H2,1-3H3;2H2,1H3/b24-13+,25-18+;. The summed E-state index contributed by atoms with van der Waals surface area (Å²) in [5.74, 6) is -0.692. The van der Waals surface area contributed by atoms with Gasteiger partial charge in [0.1, 0.15) is 38.6 Å². The fraction of sp³-hybridized carbons (Fsp3) is 0.233. The molecular weight excluding hydrogens is 680 g/mol. The lowest BCUT2D eigenvalue weighted by Crippen LogP contribution is -2.24. The van der Waals surface area contributed by atoms with Crippen molar-refractivity contribution in [3.8, 4) is 6.07 Å². The van der Waals surface area contributed by atoms with Crippen LogP contribution in [0.1, 0.15) is 41.0 Å². The van der Waals surface area contributed by atoms with Crippen LogP contribution in [0.25, 0.3) is 9.53 Å². The minimum absolute atomic E-state index is 0.0484. The summed E-state index contributed by atoms with van der Waals surface area (Å²) < 4.78 is 50.2. The molecule has 244 valence electrons. The zero-order valence-electron chi connectivity index (χ0n) is 25.1. The van der Waals surface area contributed by atoms with E-state index in [2.05, 4.69) is 20.8 Å². The van der Waals surface area contributed by atoms with E-state index < -0.39 is 17.7 Å². The molecule has 3 aromatic rings. The third-order valence-corrected chi connectivity index (χ3v) is 9.90. The largest absolute Gasteiger partial charge is 0.464 e. The minimum atomic E-state index is -4.44. The third kappa shape index (κ3) is 7.73. The molecule has 0 radical (unpaired) electrons. The second-order valence-electron chi connectivity index (χ2n) is 9.27. The Kier molecular flexibility index (Phi) is 11.2. The molecule has 0 fully saturated rings. The second kappa shape index (κ2) is 15.1. The first-order valence-electron chi connectivity index (χ1n) is 13.4. The molecule has 2 aliphatic rings. The first kappa shape index (κ1) is 34.9. The predicted octanol–water partition coefficient (Wildman–Crippen LogP) is 5.73. The van der Waals surface area contributed by atoms with Crippen molar-refractivity contribution in [1.82, 2.24) is 8.94 Å². The highest BCUT2D eigenvalue weighted by Crippen LogP contribution is 2.30. The lowest BCUT2D eigenvalue weighted by Gasteiger charge is -2.10. The van der Waals surface area contributed by atoms with Gasteiger partial charge in [0.15, 0.2) is 5.71 Å². The first-order valence-corrected chi connectivity index (χ1v) is 15.8. The molecule has 0 spiro atoms. The Bertz CT molecular complexity index is 2210. The highest BCUT2D eigenvalue weighted by Gasteiger charge is 2.30. The number of nitriles is 1. The van der Waals surface area contributed by atoms with Gasteiger partial charge < -0.3 is 14.4 Å². The van der Waals surface area contributed by atoms with Crippen molar-refractivity contribution in [2.24, 2.45) is 10.3 Å². The van der Waals surface area contributed by atoms with E-state index in [9.17, 15) is 27.6 Å². The molecule has 0 N–H and O–H groups in total. The molecule has 0 saturated carbocycles. The van der Waals surface area contributed by atoms with Gasteiger partial charge in [-0.3, -0.25) is 14.2 Å². The molecule has 0 bridgehead atoms. The molecule has 0 unspecified atom stereocenters. The number of methoxy groups -OCH3 is 1. The number of aromatic nitrogens is 2. The van der Waals surface area contributed by atoms with Crippen molar-refractivity contribution in [3.05, 3.63) is 105 Å². The van der Waals surface area contributed by atoms with Gasteiger partial charge in [0.2, 0.25) is 0 Å². The molecule has 11 nitrogen and oxygen atoms in total. The quantitative estimate of drug-likeness (QED) is 0.113. The summed E-state index contributed by atoms with van der Waals surface area (Å²) in [5.41, 5.74) is 0.197. The Morgan fingerprint density at radius 1 is 1.04 bits per heavy atom. The number of esters is 1. The number of hydrogen-bond acceptors (Lipinski definition) is 13. The van der Waals surface area contributed by atoms with Crippen LogP contribution in [0.2, 0.25) is 0 Å². The van der Waals surface area contributed by atoms with Gasteiger partial charge in [0.25, 0.3) is 11.1 Å². The average molecular weight is 704 g/mol. The van der Waals surface area contributed by atoms with Crippen molar-refractivity contribution in [1.29, 1.82) is 5.26 Å². The van der Waals surface area contributed by atoms with E-state index in [-0.39, 0.29) is 34.7 Å². The lowest BCUT2D eigenvalue weighted by atomic mass is 10.0. The van der Waals surface area contributed by atoms with E-state index in [4.69, 9.17) is 19.7 Å². The van der Waals surface area contributed by atoms with E-state index in [1.54, 1.807) is 31.2 Å². The number of nitrogens with zero attached hydrogens (tertiary/aromatic N) is 5. The van der Waals surface area contributed by atoms with E-state index in [0.29, 0.717) is 41.1 Å². The van der Waals surface area contributed by atoms with Crippen LogP contribution >= 0.6 is 34.2 Å². The van der Waals surface area contributed by atoms with Crippen molar-refractivity contribution in [3.63, 3.8) is 0 Å². The maximum absolute atomic E-state index is 12.9. The number of fused-ring (bicyclic) bond motifs is 1. The van der Waals surface area contributed by atoms with Gasteiger partial charge in [0, 0.05) is 17.7 Å². The number of ether oxygens (including phenoxy) is 1. The van der Waals surface area contributed by atoms with E-state index in [1.165, 1.54) is 60.5 Å². The topological polar surface area (TPSA) is 145 Å². The summed E-state index contributed by atoms with van der Waals surface area (Å²) in [6, 6.07) is 13.6. The Morgan fingerprint density at radius 2 is 1.74 bits per heavy atom. The summed E-state index contributed by atoms with van der Waals surface area (Å²) >= 11 is 3.48. The zero-order chi connectivity index (χ0) is 34.3. The third-order valence-electron chi connectivity index (χ3n) is 6.39. The van der Waals surface area contributed by atoms with Crippen molar-refractivity contribution in [2.45, 2.75) is 33.2 Å². The Morgan fingerprint density at radius 3 is 2.38 bits per heavy atom. The number of hydrogen-bond donors (Lipinski definition) is 0. The van der Waals surface area contributed by atoms with Gasteiger partial charge in [-0.15, -0.1) is 22.7 Å². The van der Waals surface area contributed by atoms with Gasteiger partial charge in [-0.25, -0.2) is 4.79 Å². The molecule has 0 amide bonds. The molecule has 2 aromatic carbocycles. The van der Waals surface area contributed by atoms with Crippen LogP contribution in [-0.4, -0.2) is 40.6 Å². The first-order chi connectivity index (χ1) is 22.4. The normalized spacial score (nSPS) is 12.0. The van der Waals surface area contributed by atoms with Crippen molar-refractivity contribution >= 4 is 61.1 Å². The van der Waals surface area contributed by atoms with Crippen molar-refractivity contribution < 1.29 is 32.4 Å². The van der Waals surface area contributed by atoms with Crippen LogP contribution in [0.3, 0.4) is 0 Å². The van der Waals surface area contributed by atoms with Crippen LogP contribution in [0.15, 0.2) is 68.4 Å². The molecule has 47 heavy (non-hydrogen) atoms. The SMILES string of the molecule is CCn1c(=O)c2sc3nsc(C#N)c3sc=2c1=O.CO/N=C(/C(=O)OC)c1ccccc1CO/N=C(\C)c1cccc(C(F)(F)F)c1. The number of carbonyl (C=O) groups is 1. The molecule has 0 saturated heterocycles. The molecule has 3 heterocycles. The molecule has 2 aliphatic heterocycles. The van der Waals surface area contributed by atoms with E-state index in [1.807, 2.05) is 0 Å². The Hall–Kier alpha value is -4.92. The maximum Gasteiger partial charge on any atom is 0.416 e. The fourth-order valence-corrected chi connectivity index (χ4v) is 7.35. The summed E-state index contributed by atoms with van der Waals surface area (Å²) in [5, 5.41) is 16.5. The summed E-state index contributed by atoms with van der Waals surface area (Å²) in [6.45, 7) is 3.61. The molecular formula is C30H24F3N5O6S3. The van der Waals surface area contributed by atoms with Crippen LogP contribution < -0.4 is 11.1 Å². The Balaban J connectivity index is 0.000000236. The molecule has 1 aromatic heterocycles. The predicted molar refractivity (Wildman–Crippen MR) is 172 cm³/mol. The molecule has 5 rings (SSSR count). The van der Waals surface area contributed by atoms with Gasteiger partial charge in [0.05, 0.1) is 23.1 Å². The summed E-state index contributed by atoms with van der Waals surface area (Å²) in [7, 11) is 2.51. The molecule has 17 heteroatoms. The van der Waals surface area contributed by atoms with Crippen molar-refractivity contribution in [2.75, 3.05) is 14.2 Å². The zero-order valence-corrected chi connectivity index (χ0v) is 27.5.